The Labute approximate surface area is 105 Å². The van der Waals surface area contributed by atoms with Gasteiger partial charge in [-0.15, -0.1) is 0 Å². The predicted molar refractivity (Wildman–Crippen MR) is 69.9 cm³/mol. The van der Waals surface area contributed by atoms with Crippen LogP contribution in [-0.2, 0) is 4.79 Å². The van der Waals surface area contributed by atoms with Crippen LogP contribution >= 0.6 is 0 Å². The van der Waals surface area contributed by atoms with Gasteiger partial charge in [0.05, 0.1) is 6.54 Å². The monoisotopic (exact) mass is 238 g/mol. The third-order valence-electron chi connectivity index (χ3n) is 4.35. The van der Waals surface area contributed by atoms with Crippen molar-refractivity contribution in [3.05, 3.63) is 0 Å². The first-order valence-corrected chi connectivity index (χ1v) is 7.22. The molecule has 0 spiro atoms. The zero-order chi connectivity index (χ0) is 12.1. The van der Waals surface area contributed by atoms with Crippen molar-refractivity contribution in [3.8, 4) is 0 Å². The van der Waals surface area contributed by atoms with Gasteiger partial charge >= 0.3 is 0 Å². The second kappa shape index (κ2) is 5.85. The fourth-order valence-corrected chi connectivity index (χ4v) is 3.15. The highest BCUT2D eigenvalue weighted by Crippen LogP contribution is 2.27. The van der Waals surface area contributed by atoms with Crippen LogP contribution in [0.3, 0.4) is 0 Å². The summed E-state index contributed by atoms with van der Waals surface area (Å²) in [4.78, 5) is 11.8. The molecule has 0 heterocycles. The molecule has 0 bridgehead atoms. The fourth-order valence-electron chi connectivity index (χ4n) is 3.15. The summed E-state index contributed by atoms with van der Waals surface area (Å²) < 4.78 is 0. The quantitative estimate of drug-likeness (QED) is 0.789. The zero-order valence-electron chi connectivity index (χ0n) is 11.1. The number of hydrogen-bond donors (Lipinski definition) is 2. The first-order valence-electron chi connectivity index (χ1n) is 7.22. The minimum Gasteiger partial charge on any atom is -0.352 e. The minimum absolute atomic E-state index is 0.184. The molecule has 2 rings (SSSR count). The molecule has 2 saturated carbocycles. The Morgan fingerprint density at radius 1 is 1.12 bits per heavy atom. The maximum absolute atomic E-state index is 11.8. The van der Waals surface area contributed by atoms with E-state index in [9.17, 15) is 4.79 Å². The van der Waals surface area contributed by atoms with E-state index in [0.29, 0.717) is 12.6 Å². The number of rotatable bonds is 4. The van der Waals surface area contributed by atoms with Gasteiger partial charge in [0, 0.05) is 11.6 Å². The van der Waals surface area contributed by atoms with Gasteiger partial charge in [-0.05, 0) is 32.6 Å². The molecular weight excluding hydrogens is 212 g/mol. The average molecular weight is 238 g/mol. The Morgan fingerprint density at radius 2 is 1.76 bits per heavy atom. The van der Waals surface area contributed by atoms with Crippen LogP contribution in [0.25, 0.3) is 0 Å². The van der Waals surface area contributed by atoms with Crippen molar-refractivity contribution in [2.24, 2.45) is 0 Å². The van der Waals surface area contributed by atoms with Crippen molar-refractivity contribution >= 4 is 5.91 Å². The van der Waals surface area contributed by atoms with Crippen LogP contribution in [0, 0.1) is 0 Å². The SMILES string of the molecule is CC1(NCC(=O)NC2CCCC2)CCCCC1. The molecule has 98 valence electrons. The van der Waals surface area contributed by atoms with E-state index in [4.69, 9.17) is 0 Å². The van der Waals surface area contributed by atoms with Gasteiger partial charge in [-0.25, -0.2) is 0 Å². The molecule has 0 unspecified atom stereocenters. The summed E-state index contributed by atoms with van der Waals surface area (Å²) in [6.07, 6.45) is 11.3. The molecule has 2 aliphatic carbocycles. The Bertz CT molecular complexity index is 253. The average Bonchev–Trinajstić information content (AvgIpc) is 2.80. The molecule has 3 nitrogen and oxygen atoms in total. The van der Waals surface area contributed by atoms with Gasteiger partial charge in [0.1, 0.15) is 0 Å². The van der Waals surface area contributed by atoms with Crippen LogP contribution in [0.5, 0.6) is 0 Å². The van der Waals surface area contributed by atoms with Crippen LogP contribution in [-0.4, -0.2) is 24.0 Å². The van der Waals surface area contributed by atoms with Gasteiger partial charge in [-0.1, -0.05) is 32.1 Å². The lowest BCUT2D eigenvalue weighted by Crippen LogP contribution is -2.49. The number of carbonyl (C=O) groups excluding carboxylic acids is 1. The van der Waals surface area contributed by atoms with Crippen LogP contribution in [0.15, 0.2) is 0 Å². The van der Waals surface area contributed by atoms with Gasteiger partial charge in [-0.3, -0.25) is 4.79 Å². The second-order valence-electron chi connectivity index (χ2n) is 6.02. The number of carbonyl (C=O) groups is 1. The van der Waals surface area contributed by atoms with Crippen molar-refractivity contribution in [2.75, 3.05) is 6.54 Å². The molecule has 0 aromatic carbocycles. The van der Waals surface area contributed by atoms with Gasteiger partial charge in [-0.2, -0.15) is 0 Å². The first kappa shape index (κ1) is 12.9. The molecule has 0 aromatic rings. The van der Waals surface area contributed by atoms with Crippen LogP contribution < -0.4 is 10.6 Å². The Kier molecular flexibility index (Phi) is 4.43. The standard InChI is InChI=1S/C14H26N2O/c1-14(9-5-2-6-10-14)15-11-13(17)16-12-7-3-4-8-12/h12,15H,2-11H2,1H3,(H,16,17). The maximum atomic E-state index is 11.8. The maximum Gasteiger partial charge on any atom is 0.234 e. The molecular formula is C14H26N2O. The summed E-state index contributed by atoms with van der Waals surface area (Å²) in [6, 6.07) is 0.448. The molecule has 0 aromatic heterocycles. The summed E-state index contributed by atoms with van der Waals surface area (Å²) in [5.41, 5.74) is 0.200. The number of amides is 1. The summed E-state index contributed by atoms with van der Waals surface area (Å²) in [6.45, 7) is 2.75. The molecule has 0 atom stereocenters. The van der Waals surface area contributed by atoms with E-state index in [2.05, 4.69) is 17.6 Å². The lowest BCUT2D eigenvalue weighted by molar-refractivity contribution is -0.121. The summed E-state index contributed by atoms with van der Waals surface area (Å²) in [7, 11) is 0. The topological polar surface area (TPSA) is 41.1 Å². The molecule has 0 aliphatic heterocycles. The second-order valence-corrected chi connectivity index (χ2v) is 6.02. The first-order chi connectivity index (χ1) is 8.18. The van der Waals surface area contributed by atoms with E-state index < -0.39 is 0 Å². The third-order valence-corrected chi connectivity index (χ3v) is 4.35. The molecule has 2 aliphatic rings. The van der Waals surface area contributed by atoms with Crippen LogP contribution in [0.2, 0.25) is 0 Å². The van der Waals surface area contributed by atoms with E-state index >= 15 is 0 Å². The molecule has 0 radical (unpaired) electrons. The summed E-state index contributed by atoms with van der Waals surface area (Å²) in [5.74, 6) is 0.184. The van der Waals surface area contributed by atoms with Crippen LogP contribution in [0.1, 0.15) is 64.7 Å². The molecule has 2 N–H and O–H groups in total. The van der Waals surface area contributed by atoms with E-state index in [0.717, 1.165) is 0 Å². The Morgan fingerprint density at radius 3 is 2.41 bits per heavy atom. The highest BCUT2D eigenvalue weighted by atomic mass is 16.2. The number of nitrogens with one attached hydrogen (secondary N) is 2. The van der Waals surface area contributed by atoms with E-state index in [1.165, 1.54) is 57.8 Å². The predicted octanol–water partition coefficient (Wildman–Crippen LogP) is 2.36. The fraction of sp³-hybridized carbons (Fsp3) is 0.929. The van der Waals surface area contributed by atoms with E-state index in [1.54, 1.807) is 0 Å². The smallest absolute Gasteiger partial charge is 0.234 e. The van der Waals surface area contributed by atoms with Crippen molar-refractivity contribution in [1.29, 1.82) is 0 Å². The Balaban J connectivity index is 1.67. The van der Waals surface area contributed by atoms with Gasteiger partial charge in [0.15, 0.2) is 0 Å². The van der Waals surface area contributed by atoms with Gasteiger partial charge < -0.3 is 10.6 Å². The normalized spacial score (nSPS) is 24.8. The largest absolute Gasteiger partial charge is 0.352 e. The third kappa shape index (κ3) is 3.98. The number of hydrogen-bond acceptors (Lipinski definition) is 2. The van der Waals surface area contributed by atoms with Crippen molar-refractivity contribution < 1.29 is 4.79 Å². The molecule has 0 saturated heterocycles. The minimum atomic E-state index is 0.184. The molecule has 1 amide bonds. The van der Waals surface area contributed by atoms with Gasteiger partial charge in [0.25, 0.3) is 0 Å². The summed E-state index contributed by atoms with van der Waals surface area (Å²) in [5, 5.41) is 6.59. The Hall–Kier alpha value is -0.570. The lowest BCUT2D eigenvalue weighted by atomic mass is 9.83. The highest BCUT2D eigenvalue weighted by molar-refractivity contribution is 5.78. The van der Waals surface area contributed by atoms with Crippen LogP contribution in [0.4, 0.5) is 0 Å². The van der Waals surface area contributed by atoms with Crippen molar-refractivity contribution in [3.63, 3.8) is 0 Å². The highest BCUT2D eigenvalue weighted by Gasteiger charge is 2.27. The zero-order valence-corrected chi connectivity index (χ0v) is 11.1. The molecule has 3 heteroatoms. The molecule has 2 fully saturated rings. The van der Waals surface area contributed by atoms with Crippen molar-refractivity contribution in [2.45, 2.75) is 76.3 Å². The van der Waals surface area contributed by atoms with E-state index in [-0.39, 0.29) is 11.4 Å². The van der Waals surface area contributed by atoms with E-state index in [1.807, 2.05) is 0 Å². The molecule has 17 heavy (non-hydrogen) atoms. The summed E-state index contributed by atoms with van der Waals surface area (Å²) >= 11 is 0. The van der Waals surface area contributed by atoms with Crippen molar-refractivity contribution in [1.82, 2.24) is 10.6 Å². The van der Waals surface area contributed by atoms with Gasteiger partial charge in [0.2, 0.25) is 5.91 Å². The lowest BCUT2D eigenvalue weighted by Gasteiger charge is -2.34.